The second-order valence-electron chi connectivity index (χ2n) is 9.97. The maximum absolute atomic E-state index is 13.6. The maximum atomic E-state index is 13.6. The first-order chi connectivity index (χ1) is 18.5. The average molecular weight is 558 g/mol. The normalized spacial score (nSPS) is 16.0. The van der Waals surface area contributed by atoms with Crippen LogP contribution in [0.4, 0.5) is 10.1 Å². The molecule has 39 heavy (non-hydrogen) atoms. The molecular formula is C27H28FN3O7S. The predicted molar refractivity (Wildman–Crippen MR) is 141 cm³/mol. The minimum atomic E-state index is -3.96. The molecule has 0 unspecified atom stereocenters. The van der Waals surface area contributed by atoms with E-state index < -0.39 is 45.7 Å². The highest BCUT2D eigenvalue weighted by Crippen LogP contribution is 2.48. The monoisotopic (exact) mass is 557 g/mol. The van der Waals surface area contributed by atoms with Gasteiger partial charge in [0.05, 0.1) is 24.6 Å². The Bertz CT molecular complexity index is 1590. The first-order valence-corrected chi connectivity index (χ1v) is 14.3. The summed E-state index contributed by atoms with van der Waals surface area (Å²) >= 11 is 0. The van der Waals surface area contributed by atoms with Gasteiger partial charge < -0.3 is 19.8 Å². The van der Waals surface area contributed by atoms with Crippen molar-refractivity contribution in [2.75, 3.05) is 31.3 Å². The van der Waals surface area contributed by atoms with E-state index in [1.807, 2.05) is 0 Å². The molecule has 0 radical (unpaired) electrons. The number of rotatable bonds is 9. The van der Waals surface area contributed by atoms with Crippen LogP contribution in [0.5, 0.6) is 0 Å². The van der Waals surface area contributed by atoms with Gasteiger partial charge in [-0.3, -0.25) is 13.9 Å². The van der Waals surface area contributed by atoms with E-state index in [4.69, 9.17) is 9.15 Å². The number of nitrogens with zero attached hydrogens (tertiary/aromatic N) is 1. The Labute approximate surface area is 224 Å². The summed E-state index contributed by atoms with van der Waals surface area (Å²) in [5.74, 6) is -1.85. The number of nitrogens with one attached hydrogen (secondary N) is 2. The Morgan fingerprint density at radius 3 is 2.36 bits per heavy atom. The molecule has 2 amide bonds. The van der Waals surface area contributed by atoms with Crippen molar-refractivity contribution in [2.24, 2.45) is 0 Å². The number of hydrogen-bond donors (Lipinski definition) is 2. The summed E-state index contributed by atoms with van der Waals surface area (Å²) in [7, 11) is -1.25. The molecule has 5 rings (SSSR count). The lowest BCUT2D eigenvalue weighted by atomic mass is 10.0. The lowest BCUT2D eigenvalue weighted by Crippen LogP contribution is -2.49. The summed E-state index contributed by atoms with van der Waals surface area (Å²) in [6.07, 6.45) is 3.43. The Morgan fingerprint density at radius 2 is 1.82 bits per heavy atom. The van der Waals surface area contributed by atoms with Gasteiger partial charge in [-0.25, -0.2) is 17.6 Å². The number of halogens is 1. The summed E-state index contributed by atoms with van der Waals surface area (Å²) < 4.78 is 51.4. The fourth-order valence-electron chi connectivity index (χ4n) is 4.76. The smallest absolute Gasteiger partial charge is 0.331 e. The summed E-state index contributed by atoms with van der Waals surface area (Å²) in [6.45, 7) is -0.559. The molecule has 3 aromatic rings. The number of esters is 1. The van der Waals surface area contributed by atoms with Crippen molar-refractivity contribution in [3.63, 3.8) is 0 Å². The van der Waals surface area contributed by atoms with Gasteiger partial charge in [0.25, 0.3) is 5.91 Å². The third-order valence-corrected chi connectivity index (χ3v) is 8.20. The zero-order valence-corrected chi connectivity index (χ0v) is 22.5. The molecule has 0 spiro atoms. The molecule has 2 aromatic carbocycles. The number of carbonyl (C=O) groups excluding carboxylic acids is 3. The average Bonchev–Trinajstić information content (AvgIpc) is 3.83. The molecular weight excluding hydrogens is 529 g/mol. The number of fused-ring (bicyclic) bond motifs is 1. The number of amides is 2. The van der Waals surface area contributed by atoms with Crippen molar-refractivity contribution in [2.45, 2.75) is 37.1 Å². The first-order valence-electron chi connectivity index (χ1n) is 12.4. The number of carbonyl (C=O) groups is 3. The van der Waals surface area contributed by atoms with Crippen molar-refractivity contribution < 1.29 is 36.3 Å². The summed E-state index contributed by atoms with van der Waals surface area (Å²) in [5, 5.41) is 5.70. The lowest BCUT2D eigenvalue weighted by molar-refractivity contribution is -0.146. The molecule has 0 bridgehead atoms. The van der Waals surface area contributed by atoms with Crippen LogP contribution in [0, 0.1) is 5.82 Å². The Hall–Kier alpha value is -3.93. The fraction of sp³-hybridized carbons (Fsp3) is 0.370. The van der Waals surface area contributed by atoms with E-state index >= 15 is 0 Å². The van der Waals surface area contributed by atoms with Crippen molar-refractivity contribution in [3.05, 3.63) is 53.3 Å². The molecule has 0 saturated heterocycles. The topological polar surface area (TPSA) is 135 Å². The highest BCUT2D eigenvalue weighted by atomic mass is 32.2. The minimum absolute atomic E-state index is 0.0308. The molecule has 12 heteroatoms. The Kier molecular flexibility index (Phi) is 6.61. The van der Waals surface area contributed by atoms with Gasteiger partial charge >= 0.3 is 5.97 Å². The molecule has 2 aliphatic carbocycles. The Balaban J connectivity index is 1.61. The zero-order chi connectivity index (χ0) is 28.1. The van der Waals surface area contributed by atoms with E-state index in [0.717, 1.165) is 23.4 Å². The van der Waals surface area contributed by atoms with Crippen molar-refractivity contribution in [3.8, 4) is 11.3 Å². The highest BCUT2D eigenvalue weighted by Gasteiger charge is 2.52. The number of furan rings is 1. The zero-order valence-electron chi connectivity index (χ0n) is 21.7. The second kappa shape index (κ2) is 9.67. The number of anilines is 1. The van der Waals surface area contributed by atoms with Gasteiger partial charge in [-0.15, -0.1) is 0 Å². The van der Waals surface area contributed by atoms with Crippen LogP contribution in [-0.4, -0.2) is 58.7 Å². The van der Waals surface area contributed by atoms with Gasteiger partial charge in [-0.2, -0.15) is 0 Å². The summed E-state index contributed by atoms with van der Waals surface area (Å²) in [5.41, 5.74) is 0.725. The van der Waals surface area contributed by atoms with E-state index in [0.29, 0.717) is 29.4 Å². The van der Waals surface area contributed by atoms with Gasteiger partial charge in [0.15, 0.2) is 0 Å². The van der Waals surface area contributed by atoms with Crippen molar-refractivity contribution in [1.82, 2.24) is 10.6 Å². The van der Waals surface area contributed by atoms with E-state index in [-0.39, 0.29) is 28.5 Å². The quantitative estimate of drug-likeness (QED) is 0.386. The van der Waals surface area contributed by atoms with Gasteiger partial charge in [0.1, 0.15) is 29.2 Å². The molecule has 206 valence electrons. The standard InChI is InChI=1S/C27H28FN3O7S/c1-29-25(33)23-19-12-18(15-4-5-15)20(13-21(19)38-24(23)16-6-8-17(28)9-7-16)31(39(3,35)36)14-22(32)30-27(10-11-27)26(34)37-2/h6-9,12-13,15H,4-5,10-11,14H2,1-3H3,(H,29,33)(H,30,32). The second-order valence-corrected chi connectivity index (χ2v) is 11.9. The molecule has 0 atom stereocenters. The maximum Gasteiger partial charge on any atom is 0.331 e. The molecule has 2 saturated carbocycles. The fourth-order valence-corrected chi connectivity index (χ4v) is 5.63. The predicted octanol–water partition coefficient (Wildman–Crippen LogP) is 3.06. The van der Waals surface area contributed by atoms with Crippen molar-refractivity contribution in [1.29, 1.82) is 0 Å². The van der Waals surface area contributed by atoms with E-state index in [1.54, 1.807) is 6.07 Å². The number of methoxy groups -OCH3 is 1. The van der Waals surface area contributed by atoms with Crippen LogP contribution in [0.3, 0.4) is 0 Å². The van der Waals surface area contributed by atoms with E-state index in [2.05, 4.69) is 10.6 Å². The van der Waals surface area contributed by atoms with Crippen molar-refractivity contribution >= 4 is 44.5 Å². The Morgan fingerprint density at radius 1 is 1.15 bits per heavy atom. The number of benzene rings is 2. The first kappa shape index (κ1) is 26.7. The van der Waals surface area contributed by atoms with Gasteiger partial charge in [-0.05, 0) is 67.5 Å². The molecule has 2 fully saturated rings. The number of ether oxygens (including phenoxy) is 1. The molecule has 0 aliphatic heterocycles. The molecule has 10 nitrogen and oxygen atoms in total. The number of sulfonamides is 1. The summed E-state index contributed by atoms with van der Waals surface area (Å²) in [4.78, 5) is 38.0. The van der Waals surface area contributed by atoms with Crippen LogP contribution in [0.25, 0.3) is 22.3 Å². The van der Waals surface area contributed by atoms with Crippen LogP contribution in [-0.2, 0) is 24.3 Å². The number of hydrogen-bond acceptors (Lipinski definition) is 7. The minimum Gasteiger partial charge on any atom is -0.467 e. The van der Waals surface area contributed by atoms with Crippen LogP contribution in [0.2, 0.25) is 0 Å². The molecule has 1 heterocycles. The van der Waals surface area contributed by atoms with E-state index in [1.165, 1.54) is 44.5 Å². The van der Waals surface area contributed by atoms with Crippen LogP contribution in [0.1, 0.15) is 47.5 Å². The van der Waals surface area contributed by atoms with Crippen LogP contribution < -0.4 is 14.9 Å². The largest absolute Gasteiger partial charge is 0.467 e. The van der Waals surface area contributed by atoms with E-state index in [9.17, 15) is 27.2 Å². The molecule has 2 N–H and O–H groups in total. The van der Waals surface area contributed by atoms with Gasteiger partial charge in [0, 0.05) is 24.1 Å². The molecule has 2 aliphatic rings. The van der Waals surface area contributed by atoms with Crippen LogP contribution in [0.15, 0.2) is 40.8 Å². The van der Waals surface area contributed by atoms with Crippen LogP contribution >= 0.6 is 0 Å². The third-order valence-electron chi connectivity index (χ3n) is 7.08. The lowest BCUT2D eigenvalue weighted by Gasteiger charge is -2.25. The summed E-state index contributed by atoms with van der Waals surface area (Å²) in [6, 6.07) is 8.74. The highest BCUT2D eigenvalue weighted by molar-refractivity contribution is 7.92. The third kappa shape index (κ3) is 5.08. The SMILES string of the molecule is CNC(=O)c1c(-c2ccc(F)cc2)oc2cc(N(CC(=O)NC3(C(=O)OC)CC3)S(C)(=O)=O)c(C3CC3)cc12. The van der Waals surface area contributed by atoms with Gasteiger partial charge in [-0.1, -0.05) is 0 Å². The van der Waals surface area contributed by atoms with Gasteiger partial charge in [0.2, 0.25) is 15.9 Å². The molecule has 1 aromatic heterocycles.